The lowest BCUT2D eigenvalue weighted by molar-refractivity contribution is -0.156. The summed E-state index contributed by atoms with van der Waals surface area (Å²) in [4.78, 5) is 22.3. The number of hydrogen-bond donors (Lipinski definition) is 1. The normalized spacial score (nSPS) is 13.5. The Morgan fingerprint density at radius 1 is 1.36 bits per heavy atom. The first kappa shape index (κ1) is 13.1. The number of hydrogen-bond acceptors (Lipinski definition) is 4. The van der Waals surface area contributed by atoms with Gasteiger partial charge in [0.25, 0.3) is 0 Å². The second-order valence-electron chi connectivity index (χ2n) is 4.48. The molecule has 0 bridgehead atoms. The fourth-order valence-electron chi connectivity index (χ4n) is 0.970. The summed E-state index contributed by atoms with van der Waals surface area (Å²) in [6.07, 6.45) is 0.0397. The second kappa shape index (κ2) is 5.10. The van der Waals surface area contributed by atoms with Gasteiger partial charge in [-0.1, -0.05) is 0 Å². The van der Waals surface area contributed by atoms with Gasteiger partial charge in [-0.15, -0.1) is 0 Å². The van der Waals surface area contributed by atoms with Crippen LogP contribution in [0, 0.1) is 0 Å². The fourth-order valence-corrected chi connectivity index (χ4v) is 0.970. The molecule has 0 aromatic rings. The quantitative estimate of drug-likeness (QED) is 0.544. The van der Waals surface area contributed by atoms with E-state index in [4.69, 9.17) is 10.5 Å². The Bertz CT molecular complexity index is 216. The molecule has 0 fully saturated rings. The van der Waals surface area contributed by atoms with Gasteiger partial charge < -0.3 is 10.5 Å². The van der Waals surface area contributed by atoms with Crippen LogP contribution in [-0.4, -0.2) is 23.4 Å². The van der Waals surface area contributed by atoms with Gasteiger partial charge in [0.05, 0.1) is 0 Å². The van der Waals surface area contributed by atoms with Crippen LogP contribution in [0.3, 0.4) is 0 Å². The topological polar surface area (TPSA) is 69.4 Å². The zero-order valence-corrected chi connectivity index (χ0v) is 9.29. The van der Waals surface area contributed by atoms with Crippen LogP contribution in [0.15, 0.2) is 0 Å². The van der Waals surface area contributed by atoms with Gasteiger partial charge >= 0.3 is 5.97 Å². The largest absolute Gasteiger partial charge is 0.460 e. The Morgan fingerprint density at radius 2 is 1.86 bits per heavy atom. The van der Waals surface area contributed by atoms with Crippen molar-refractivity contribution in [3.05, 3.63) is 0 Å². The van der Waals surface area contributed by atoms with Gasteiger partial charge in [0.2, 0.25) is 0 Å². The Balaban J connectivity index is 3.90. The van der Waals surface area contributed by atoms with Crippen molar-refractivity contribution in [2.75, 3.05) is 0 Å². The number of Topliss-reactive ketones (excluding diaryl/α,β-unsaturated/α-hetero) is 1. The van der Waals surface area contributed by atoms with Crippen molar-refractivity contribution < 1.29 is 14.3 Å². The predicted octanol–water partition coefficient (Wildman–Crippen LogP) is 1.02. The first-order valence-corrected chi connectivity index (χ1v) is 4.70. The molecular formula is C10H19NO3. The van der Waals surface area contributed by atoms with Crippen LogP contribution in [0.5, 0.6) is 0 Å². The molecule has 0 aliphatic rings. The van der Waals surface area contributed by atoms with E-state index in [2.05, 4.69) is 0 Å². The summed E-state index contributed by atoms with van der Waals surface area (Å²) in [5.41, 5.74) is 4.89. The molecule has 0 heterocycles. The molecule has 0 aromatic carbocycles. The number of esters is 1. The number of carbonyl (C=O) groups excluding carboxylic acids is 2. The minimum atomic E-state index is -0.536. The molecule has 0 saturated carbocycles. The van der Waals surface area contributed by atoms with Crippen LogP contribution in [0.2, 0.25) is 0 Å². The zero-order valence-electron chi connectivity index (χ0n) is 9.29. The molecule has 1 atom stereocenters. The smallest absolute Gasteiger partial charge is 0.313 e. The molecular weight excluding hydrogens is 182 g/mol. The average molecular weight is 201 g/mol. The SMILES string of the molecule is CC(N)CC(=O)CC(=O)OC(C)(C)C. The van der Waals surface area contributed by atoms with Gasteiger partial charge in [-0.3, -0.25) is 9.59 Å². The van der Waals surface area contributed by atoms with Gasteiger partial charge in [-0.25, -0.2) is 0 Å². The molecule has 14 heavy (non-hydrogen) atoms. The average Bonchev–Trinajstić information content (AvgIpc) is 1.77. The van der Waals surface area contributed by atoms with Crippen molar-refractivity contribution in [1.82, 2.24) is 0 Å². The van der Waals surface area contributed by atoms with Crippen LogP contribution >= 0.6 is 0 Å². The maximum absolute atomic E-state index is 11.2. The first-order valence-electron chi connectivity index (χ1n) is 4.70. The highest BCUT2D eigenvalue weighted by molar-refractivity contribution is 5.95. The summed E-state index contributed by atoms with van der Waals surface area (Å²) in [5, 5.41) is 0. The fraction of sp³-hybridized carbons (Fsp3) is 0.800. The van der Waals surface area contributed by atoms with Crippen molar-refractivity contribution in [2.24, 2.45) is 5.73 Å². The standard InChI is InChI=1S/C10H19NO3/c1-7(11)5-8(12)6-9(13)14-10(2,3)4/h7H,5-6,11H2,1-4H3. The summed E-state index contributed by atoms with van der Waals surface area (Å²) in [7, 11) is 0. The first-order chi connectivity index (χ1) is 6.20. The van der Waals surface area contributed by atoms with E-state index in [9.17, 15) is 9.59 Å². The van der Waals surface area contributed by atoms with E-state index >= 15 is 0 Å². The van der Waals surface area contributed by atoms with Crippen molar-refractivity contribution in [3.8, 4) is 0 Å². The third-order valence-corrected chi connectivity index (χ3v) is 1.31. The molecule has 0 amide bonds. The number of carbonyl (C=O) groups is 2. The van der Waals surface area contributed by atoms with Crippen molar-refractivity contribution >= 4 is 11.8 Å². The number of ketones is 1. The molecule has 0 saturated heterocycles. The van der Waals surface area contributed by atoms with Gasteiger partial charge in [0, 0.05) is 12.5 Å². The lowest BCUT2D eigenvalue weighted by atomic mass is 10.1. The lowest BCUT2D eigenvalue weighted by Gasteiger charge is -2.19. The molecule has 2 N–H and O–H groups in total. The van der Waals surface area contributed by atoms with Crippen molar-refractivity contribution in [2.45, 2.75) is 52.2 Å². The molecule has 4 heteroatoms. The molecule has 0 radical (unpaired) electrons. The Morgan fingerprint density at radius 3 is 2.21 bits per heavy atom. The van der Waals surface area contributed by atoms with Gasteiger partial charge in [0.1, 0.15) is 17.8 Å². The summed E-state index contributed by atoms with van der Waals surface area (Å²) in [6, 6.07) is -0.204. The van der Waals surface area contributed by atoms with E-state index in [1.165, 1.54) is 0 Å². The highest BCUT2D eigenvalue weighted by Crippen LogP contribution is 2.08. The van der Waals surface area contributed by atoms with Gasteiger partial charge in [-0.05, 0) is 27.7 Å². The van der Waals surface area contributed by atoms with E-state index in [0.29, 0.717) is 0 Å². The Labute approximate surface area is 84.8 Å². The molecule has 0 aromatic heterocycles. The highest BCUT2D eigenvalue weighted by Gasteiger charge is 2.19. The van der Waals surface area contributed by atoms with E-state index in [-0.39, 0.29) is 24.7 Å². The van der Waals surface area contributed by atoms with E-state index in [1.54, 1.807) is 27.7 Å². The molecule has 82 valence electrons. The third-order valence-electron chi connectivity index (χ3n) is 1.31. The maximum atomic E-state index is 11.2. The molecule has 4 nitrogen and oxygen atoms in total. The van der Waals surface area contributed by atoms with Crippen molar-refractivity contribution in [1.29, 1.82) is 0 Å². The molecule has 0 aliphatic heterocycles. The van der Waals surface area contributed by atoms with Crippen LogP contribution < -0.4 is 5.73 Å². The second-order valence-corrected chi connectivity index (χ2v) is 4.48. The van der Waals surface area contributed by atoms with Crippen LogP contribution in [0.25, 0.3) is 0 Å². The third kappa shape index (κ3) is 7.73. The molecule has 0 aliphatic carbocycles. The summed E-state index contributed by atoms with van der Waals surface area (Å²) >= 11 is 0. The highest BCUT2D eigenvalue weighted by atomic mass is 16.6. The lowest BCUT2D eigenvalue weighted by Crippen LogP contribution is -2.27. The van der Waals surface area contributed by atoms with Crippen LogP contribution in [0.1, 0.15) is 40.5 Å². The maximum Gasteiger partial charge on any atom is 0.313 e. The molecule has 1 unspecified atom stereocenters. The van der Waals surface area contributed by atoms with Crippen LogP contribution in [-0.2, 0) is 14.3 Å². The van der Waals surface area contributed by atoms with E-state index in [1.807, 2.05) is 0 Å². The molecule has 0 spiro atoms. The number of rotatable bonds is 4. The Kier molecular flexibility index (Phi) is 4.77. The van der Waals surface area contributed by atoms with E-state index in [0.717, 1.165) is 0 Å². The minimum absolute atomic E-state index is 0.172. The molecule has 0 rings (SSSR count). The van der Waals surface area contributed by atoms with Crippen molar-refractivity contribution in [3.63, 3.8) is 0 Å². The van der Waals surface area contributed by atoms with Gasteiger partial charge in [-0.2, -0.15) is 0 Å². The minimum Gasteiger partial charge on any atom is -0.460 e. The number of nitrogens with two attached hydrogens (primary N) is 1. The zero-order chi connectivity index (χ0) is 11.4. The summed E-state index contributed by atoms with van der Waals surface area (Å²) < 4.78 is 4.99. The summed E-state index contributed by atoms with van der Waals surface area (Å²) in [6.45, 7) is 7.02. The summed E-state index contributed by atoms with van der Waals surface area (Å²) in [5.74, 6) is -0.655. The number of ether oxygens (including phenoxy) is 1. The van der Waals surface area contributed by atoms with Crippen LogP contribution in [0.4, 0.5) is 0 Å². The monoisotopic (exact) mass is 201 g/mol. The predicted molar refractivity (Wildman–Crippen MR) is 53.7 cm³/mol. The van der Waals surface area contributed by atoms with Gasteiger partial charge in [0.15, 0.2) is 0 Å². The van der Waals surface area contributed by atoms with E-state index < -0.39 is 11.6 Å². The Hall–Kier alpha value is -0.900.